The largest absolute Gasteiger partial charge is 0.481 e. The number of esters is 1. The molecule has 3 rings (SSSR count). The van der Waals surface area contributed by atoms with E-state index in [1.807, 2.05) is 60.7 Å². The highest BCUT2D eigenvalue weighted by Crippen LogP contribution is 2.28. The number of carbonyl (C=O) groups is 1. The van der Waals surface area contributed by atoms with Crippen LogP contribution in [0.2, 0.25) is 0 Å². The monoisotopic (exact) mass is 408 g/mol. The zero-order chi connectivity index (χ0) is 20.5. The van der Waals surface area contributed by atoms with Crippen LogP contribution in [-0.2, 0) is 33.2 Å². The van der Waals surface area contributed by atoms with E-state index in [0.29, 0.717) is 17.9 Å². The molecule has 0 N–H and O–H groups in total. The van der Waals surface area contributed by atoms with Crippen LogP contribution in [0.4, 0.5) is 0 Å². The van der Waals surface area contributed by atoms with Gasteiger partial charge in [0.25, 0.3) is 0 Å². The van der Waals surface area contributed by atoms with Crippen LogP contribution in [0, 0.1) is 0 Å². The van der Waals surface area contributed by atoms with Gasteiger partial charge in [-0.15, -0.1) is 0 Å². The van der Waals surface area contributed by atoms with Gasteiger partial charge in [-0.25, -0.2) is 4.79 Å². The molecular formula is C24H24O4S. The van der Waals surface area contributed by atoms with Gasteiger partial charge in [0.15, 0.2) is 6.61 Å². The third-order valence-corrected chi connectivity index (χ3v) is 5.67. The van der Waals surface area contributed by atoms with E-state index in [0.717, 1.165) is 22.8 Å². The lowest BCUT2D eigenvalue weighted by molar-refractivity contribution is -0.142. The molecule has 0 heterocycles. The van der Waals surface area contributed by atoms with Crippen molar-refractivity contribution in [3.8, 4) is 5.75 Å². The zero-order valence-corrected chi connectivity index (χ0v) is 17.2. The fourth-order valence-corrected chi connectivity index (χ4v) is 3.94. The van der Waals surface area contributed by atoms with Gasteiger partial charge in [0.05, 0.1) is 7.11 Å². The molecule has 150 valence electrons. The van der Waals surface area contributed by atoms with Crippen molar-refractivity contribution in [2.75, 3.05) is 19.5 Å². The number of hydrogen-bond acceptors (Lipinski definition) is 4. The van der Waals surface area contributed by atoms with Crippen LogP contribution in [0.3, 0.4) is 0 Å². The average Bonchev–Trinajstić information content (AvgIpc) is 2.77. The minimum absolute atomic E-state index is 0.125. The van der Waals surface area contributed by atoms with Crippen molar-refractivity contribution < 1.29 is 18.5 Å². The second kappa shape index (κ2) is 10.6. The first-order valence-corrected chi connectivity index (χ1v) is 10.8. The van der Waals surface area contributed by atoms with Crippen LogP contribution >= 0.6 is 0 Å². The second-order valence-electron chi connectivity index (χ2n) is 6.53. The first-order chi connectivity index (χ1) is 14.2. The summed E-state index contributed by atoms with van der Waals surface area (Å²) in [7, 11) is 0.338. The SMILES string of the molecule is COC(=O)COc1cccc2c(CC=CS(=O)CCc3ccccc3)cccc12. The lowest BCUT2D eigenvalue weighted by Gasteiger charge is -2.10. The summed E-state index contributed by atoms with van der Waals surface area (Å²) in [5, 5.41) is 3.77. The third-order valence-electron chi connectivity index (χ3n) is 4.57. The van der Waals surface area contributed by atoms with Gasteiger partial charge in [0.2, 0.25) is 0 Å². The van der Waals surface area contributed by atoms with Crippen LogP contribution in [-0.4, -0.2) is 29.6 Å². The van der Waals surface area contributed by atoms with E-state index in [1.165, 1.54) is 12.7 Å². The molecule has 0 aromatic heterocycles. The Balaban J connectivity index is 1.64. The molecule has 0 bridgehead atoms. The number of ether oxygens (including phenoxy) is 2. The summed E-state index contributed by atoms with van der Waals surface area (Å²) in [6.07, 6.45) is 3.43. The second-order valence-corrected chi connectivity index (χ2v) is 7.97. The van der Waals surface area contributed by atoms with Crippen LogP contribution in [0.25, 0.3) is 10.8 Å². The maximum atomic E-state index is 12.3. The minimum atomic E-state index is -0.998. The molecule has 0 aliphatic carbocycles. The molecule has 3 aromatic rings. The first kappa shape index (κ1) is 20.8. The Morgan fingerprint density at radius 2 is 1.72 bits per heavy atom. The summed E-state index contributed by atoms with van der Waals surface area (Å²) in [5.41, 5.74) is 2.31. The zero-order valence-electron chi connectivity index (χ0n) is 16.4. The van der Waals surface area contributed by atoms with Gasteiger partial charge in [0, 0.05) is 21.9 Å². The molecule has 29 heavy (non-hydrogen) atoms. The van der Waals surface area contributed by atoms with Gasteiger partial charge in [-0.1, -0.05) is 66.7 Å². The van der Waals surface area contributed by atoms with E-state index in [-0.39, 0.29) is 6.61 Å². The third kappa shape index (κ3) is 6.03. The summed E-state index contributed by atoms with van der Waals surface area (Å²) >= 11 is 0. The van der Waals surface area contributed by atoms with Crippen LogP contribution in [0.1, 0.15) is 11.1 Å². The quantitative estimate of drug-likeness (QED) is 0.491. The highest BCUT2D eigenvalue weighted by molar-refractivity contribution is 7.87. The van der Waals surface area contributed by atoms with Crippen molar-refractivity contribution in [3.63, 3.8) is 0 Å². The molecule has 1 atom stereocenters. The van der Waals surface area contributed by atoms with Gasteiger partial charge in [-0.3, -0.25) is 4.21 Å². The van der Waals surface area contributed by atoms with Crippen molar-refractivity contribution >= 4 is 27.5 Å². The summed E-state index contributed by atoms with van der Waals surface area (Å²) in [5.74, 6) is 0.839. The Hall–Kier alpha value is -2.92. The number of methoxy groups -OCH3 is 1. The maximum absolute atomic E-state index is 12.3. The van der Waals surface area contributed by atoms with Crippen LogP contribution < -0.4 is 4.74 Å². The predicted molar refractivity (Wildman–Crippen MR) is 117 cm³/mol. The lowest BCUT2D eigenvalue weighted by Crippen LogP contribution is -2.12. The lowest BCUT2D eigenvalue weighted by atomic mass is 10.0. The molecule has 0 aliphatic heterocycles. The fraction of sp³-hybridized carbons (Fsp3) is 0.208. The molecular weight excluding hydrogens is 384 g/mol. The van der Waals surface area contributed by atoms with Crippen molar-refractivity contribution in [2.24, 2.45) is 0 Å². The van der Waals surface area contributed by atoms with E-state index in [2.05, 4.69) is 16.9 Å². The number of hydrogen-bond donors (Lipinski definition) is 0. The smallest absolute Gasteiger partial charge is 0.343 e. The van der Waals surface area contributed by atoms with Crippen molar-refractivity contribution in [3.05, 3.63) is 89.3 Å². The number of benzene rings is 3. The molecule has 0 amide bonds. The van der Waals surface area contributed by atoms with E-state index in [4.69, 9.17) is 4.74 Å². The molecule has 3 aromatic carbocycles. The molecule has 0 aliphatic rings. The molecule has 4 nitrogen and oxygen atoms in total. The van der Waals surface area contributed by atoms with Crippen molar-refractivity contribution in [1.29, 1.82) is 0 Å². The molecule has 0 saturated heterocycles. The van der Waals surface area contributed by atoms with Gasteiger partial charge < -0.3 is 9.47 Å². The van der Waals surface area contributed by atoms with Crippen molar-refractivity contribution in [2.45, 2.75) is 12.8 Å². The van der Waals surface area contributed by atoms with E-state index < -0.39 is 16.8 Å². The molecule has 0 spiro atoms. The Morgan fingerprint density at radius 1 is 0.966 bits per heavy atom. The molecule has 0 saturated carbocycles. The van der Waals surface area contributed by atoms with Crippen molar-refractivity contribution in [1.82, 2.24) is 0 Å². The van der Waals surface area contributed by atoms with E-state index in [1.54, 1.807) is 5.41 Å². The highest BCUT2D eigenvalue weighted by Gasteiger charge is 2.08. The van der Waals surface area contributed by atoms with Crippen LogP contribution in [0.15, 0.2) is 78.2 Å². The van der Waals surface area contributed by atoms with Gasteiger partial charge >= 0.3 is 5.97 Å². The van der Waals surface area contributed by atoms with E-state index >= 15 is 0 Å². The Bertz CT molecular complexity index is 1010. The summed E-state index contributed by atoms with van der Waals surface area (Å²) in [4.78, 5) is 11.4. The number of rotatable bonds is 9. The Kier molecular flexibility index (Phi) is 7.59. The highest BCUT2D eigenvalue weighted by atomic mass is 32.2. The molecule has 5 heteroatoms. The normalized spacial score (nSPS) is 12.2. The van der Waals surface area contributed by atoms with E-state index in [9.17, 15) is 9.00 Å². The predicted octanol–water partition coefficient (Wildman–Crippen LogP) is 4.44. The first-order valence-electron chi connectivity index (χ1n) is 9.45. The average molecular weight is 409 g/mol. The number of carbonyl (C=O) groups excluding carboxylic acids is 1. The van der Waals surface area contributed by atoms with Gasteiger partial charge in [-0.2, -0.15) is 0 Å². The maximum Gasteiger partial charge on any atom is 0.343 e. The number of allylic oxidation sites excluding steroid dienone is 1. The van der Waals surface area contributed by atoms with Crippen LogP contribution in [0.5, 0.6) is 5.75 Å². The number of fused-ring (bicyclic) bond motifs is 1. The Morgan fingerprint density at radius 3 is 2.52 bits per heavy atom. The fourth-order valence-electron chi connectivity index (χ4n) is 3.06. The topological polar surface area (TPSA) is 52.6 Å². The minimum Gasteiger partial charge on any atom is -0.481 e. The summed E-state index contributed by atoms with van der Waals surface area (Å²) < 4.78 is 22.5. The molecule has 0 fully saturated rings. The Labute approximate surface area is 173 Å². The summed E-state index contributed by atoms with van der Waals surface area (Å²) in [6, 6.07) is 21.8. The van der Waals surface area contributed by atoms with Gasteiger partial charge in [-0.05, 0) is 40.8 Å². The standard InChI is InChI=1S/C24H24O4S/c1-27-24(25)18-28-23-14-6-12-21-20(10-5-13-22(21)23)11-7-16-29(26)17-15-19-8-3-2-4-9-19/h2-10,12-14,16H,11,15,17-18H2,1H3. The number of aryl methyl sites for hydroxylation is 1. The van der Waals surface area contributed by atoms with Gasteiger partial charge in [0.1, 0.15) is 5.75 Å². The summed E-state index contributed by atoms with van der Waals surface area (Å²) in [6.45, 7) is -0.125. The molecule has 0 radical (unpaired) electrons. The molecule has 1 unspecified atom stereocenters.